The van der Waals surface area contributed by atoms with Gasteiger partial charge in [0, 0.05) is 42.3 Å². The van der Waals surface area contributed by atoms with Gasteiger partial charge < -0.3 is 15.4 Å². The van der Waals surface area contributed by atoms with Gasteiger partial charge in [0.05, 0.1) is 12.0 Å². The molecule has 1 aromatic heterocycles. The van der Waals surface area contributed by atoms with Gasteiger partial charge in [-0.2, -0.15) is 4.31 Å². The first-order valence-corrected chi connectivity index (χ1v) is 13.1. The number of ether oxygens (including phenoxy) is 1. The fraction of sp³-hybridized carbons (Fsp3) is 0.292. The Morgan fingerprint density at radius 3 is 2.48 bits per heavy atom. The van der Waals surface area contributed by atoms with Gasteiger partial charge in [-0.25, -0.2) is 8.42 Å². The van der Waals surface area contributed by atoms with Crippen LogP contribution in [0.2, 0.25) is 0 Å². The molecule has 7 nitrogen and oxygen atoms in total. The van der Waals surface area contributed by atoms with Gasteiger partial charge in [0.15, 0.2) is 0 Å². The smallest absolute Gasteiger partial charge is 0.251 e. The number of thiophene rings is 1. The van der Waals surface area contributed by atoms with Crippen molar-refractivity contribution in [2.45, 2.75) is 30.8 Å². The van der Waals surface area contributed by atoms with Gasteiger partial charge in [-0.15, -0.1) is 11.3 Å². The van der Waals surface area contributed by atoms with Crippen molar-refractivity contribution >= 4 is 33.0 Å². The summed E-state index contributed by atoms with van der Waals surface area (Å²) in [6.07, 6.45) is 1.70. The van der Waals surface area contributed by atoms with Crippen LogP contribution in [0.5, 0.6) is 5.75 Å². The molecular formula is C24H27N3O4S2. The number of rotatable bonds is 9. The Balaban J connectivity index is 1.56. The summed E-state index contributed by atoms with van der Waals surface area (Å²) in [5, 5.41) is 8.14. The van der Waals surface area contributed by atoms with E-state index in [9.17, 15) is 13.2 Å². The van der Waals surface area contributed by atoms with E-state index in [2.05, 4.69) is 10.6 Å². The van der Waals surface area contributed by atoms with Crippen molar-refractivity contribution in [3.63, 3.8) is 0 Å². The van der Waals surface area contributed by atoms with Gasteiger partial charge in [-0.1, -0.05) is 18.2 Å². The van der Waals surface area contributed by atoms with Gasteiger partial charge >= 0.3 is 0 Å². The number of benzene rings is 2. The second kappa shape index (κ2) is 10.4. The van der Waals surface area contributed by atoms with Crippen LogP contribution in [-0.2, 0) is 23.1 Å². The third-order valence-corrected chi connectivity index (χ3v) is 8.28. The number of amides is 1. The van der Waals surface area contributed by atoms with Crippen LogP contribution in [0.3, 0.4) is 0 Å². The predicted molar refractivity (Wildman–Crippen MR) is 130 cm³/mol. The Hall–Kier alpha value is -2.88. The average Bonchev–Trinajstić information content (AvgIpc) is 3.56. The molecule has 3 aromatic rings. The molecule has 0 radical (unpaired) electrons. The standard InChI is InChI=1S/C24H27N3O4S2/c1-31-21-8-6-18(7-9-21)16-26-24(28)19-13-20(25-17-22-5-4-12-32-22)15-23(14-19)33(29,30)27-10-2-3-11-27/h4-9,12-15,25H,2-3,10-11,16-17H2,1H3,(H,26,28). The summed E-state index contributed by atoms with van der Waals surface area (Å²) in [6.45, 7) is 1.89. The second-order valence-electron chi connectivity index (χ2n) is 7.82. The summed E-state index contributed by atoms with van der Waals surface area (Å²) in [4.78, 5) is 14.2. The first-order chi connectivity index (χ1) is 16.0. The van der Waals surface area contributed by atoms with Crippen molar-refractivity contribution in [2.75, 3.05) is 25.5 Å². The number of hydrogen-bond acceptors (Lipinski definition) is 6. The Morgan fingerprint density at radius 2 is 1.82 bits per heavy atom. The zero-order chi connectivity index (χ0) is 23.3. The van der Waals surface area contributed by atoms with Crippen molar-refractivity contribution in [1.82, 2.24) is 9.62 Å². The average molecular weight is 486 g/mol. The molecule has 33 heavy (non-hydrogen) atoms. The highest BCUT2D eigenvalue weighted by atomic mass is 32.2. The molecule has 0 bridgehead atoms. The molecule has 4 rings (SSSR count). The highest BCUT2D eigenvalue weighted by Gasteiger charge is 2.28. The molecular weight excluding hydrogens is 458 g/mol. The summed E-state index contributed by atoms with van der Waals surface area (Å²) < 4.78 is 33.0. The fourth-order valence-corrected chi connectivity index (χ4v) is 5.92. The summed E-state index contributed by atoms with van der Waals surface area (Å²) in [7, 11) is -2.06. The van der Waals surface area contributed by atoms with Crippen LogP contribution in [0, 0.1) is 0 Å². The number of carbonyl (C=O) groups excluding carboxylic acids is 1. The van der Waals surface area contributed by atoms with E-state index in [-0.39, 0.29) is 10.8 Å². The number of carbonyl (C=O) groups is 1. The Morgan fingerprint density at radius 1 is 1.06 bits per heavy atom. The molecule has 2 N–H and O–H groups in total. The fourth-order valence-electron chi connectivity index (χ4n) is 3.69. The third-order valence-electron chi connectivity index (χ3n) is 5.53. The zero-order valence-electron chi connectivity index (χ0n) is 18.4. The molecule has 0 aliphatic carbocycles. The second-order valence-corrected chi connectivity index (χ2v) is 10.8. The number of nitrogens with zero attached hydrogens (tertiary/aromatic N) is 1. The van der Waals surface area contributed by atoms with Gasteiger partial charge in [-0.05, 0) is 60.2 Å². The van der Waals surface area contributed by atoms with E-state index in [1.807, 2.05) is 41.8 Å². The van der Waals surface area contributed by atoms with E-state index in [1.54, 1.807) is 30.6 Å². The van der Waals surface area contributed by atoms with Gasteiger partial charge in [0.1, 0.15) is 5.75 Å². The highest BCUT2D eigenvalue weighted by molar-refractivity contribution is 7.89. The molecule has 1 amide bonds. The largest absolute Gasteiger partial charge is 0.497 e. The van der Waals surface area contributed by atoms with Crippen molar-refractivity contribution < 1.29 is 17.9 Å². The van der Waals surface area contributed by atoms with E-state index in [1.165, 1.54) is 10.4 Å². The number of anilines is 1. The molecule has 0 saturated carbocycles. The summed E-state index contributed by atoms with van der Waals surface area (Å²) in [5.74, 6) is 0.412. The van der Waals surface area contributed by atoms with Crippen LogP contribution in [0.15, 0.2) is 64.9 Å². The minimum absolute atomic E-state index is 0.134. The molecule has 1 aliphatic rings. The minimum Gasteiger partial charge on any atom is -0.497 e. The lowest BCUT2D eigenvalue weighted by Crippen LogP contribution is -2.29. The van der Waals surface area contributed by atoms with E-state index in [0.717, 1.165) is 29.0 Å². The van der Waals surface area contributed by atoms with E-state index >= 15 is 0 Å². The van der Waals surface area contributed by atoms with E-state index in [4.69, 9.17) is 4.74 Å². The molecule has 174 valence electrons. The molecule has 2 heterocycles. The molecule has 1 aliphatic heterocycles. The molecule has 1 saturated heterocycles. The van der Waals surface area contributed by atoms with Gasteiger partial charge in [-0.3, -0.25) is 4.79 Å². The maximum atomic E-state index is 13.2. The van der Waals surface area contributed by atoms with Crippen molar-refractivity contribution in [1.29, 1.82) is 0 Å². The summed E-state index contributed by atoms with van der Waals surface area (Å²) in [6, 6.07) is 16.2. The number of sulfonamides is 1. The Bertz CT molecular complexity index is 1190. The first-order valence-electron chi connectivity index (χ1n) is 10.8. The van der Waals surface area contributed by atoms with Crippen molar-refractivity contribution in [3.05, 3.63) is 76.0 Å². The maximum Gasteiger partial charge on any atom is 0.251 e. The first kappa shape index (κ1) is 23.3. The molecule has 1 fully saturated rings. The number of nitrogens with one attached hydrogen (secondary N) is 2. The Kier molecular flexibility index (Phi) is 7.32. The lowest BCUT2D eigenvalue weighted by Gasteiger charge is -2.18. The Labute approximate surface area is 198 Å². The third kappa shape index (κ3) is 5.73. The molecule has 0 spiro atoms. The molecule has 2 aromatic carbocycles. The van der Waals surface area contributed by atoms with Gasteiger partial charge in [0.2, 0.25) is 10.0 Å². The summed E-state index contributed by atoms with van der Waals surface area (Å²) in [5.41, 5.74) is 1.82. The zero-order valence-corrected chi connectivity index (χ0v) is 20.0. The van der Waals surface area contributed by atoms with Gasteiger partial charge in [0.25, 0.3) is 5.91 Å². The van der Waals surface area contributed by atoms with E-state index in [0.29, 0.717) is 37.4 Å². The van der Waals surface area contributed by atoms with Crippen LogP contribution in [-0.4, -0.2) is 38.8 Å². The van der Waals surface area contributed by atoms with Crippen molar-refractivity contribution in [3.8, 4) is 5.75 Å². The normalized spacial score (nSPS) is 14.2. The minimum atomic E-state index is -3.66. The summed E-state index contributed by atoms with van der Waals surface area (Å²) >= 11 is 1.61. The van der Waals surface area contributed by atoms with E-state index < -0.39 is 10.0 Å². The maximum absolute atomic E-state index is 13.2. The SMILES string of the molecule is COc1ccc(CNC(=O)c2cc(NCc3cccs3)cc(S(=O)(=O)N3CCCC3)c2)cc1. The van der Waals surface area contributed by atoms with Crippen LogP contribution < -0.4 is 15.4 Å². The van der Waals surface area contributed by atoms with Crippen LogP contribution in [0.4, 0.5) is 5.69 Å². The van der Waals surface area contributed by atoms with Crippen LogP contribution >= 0.6 is 11.3 Å². The van der Waals surface area contributed by atoms with Crippen LogP contribution in [0.1, 0.15) is 33.6 Å². The molecule has 0 unspecified atom stereocenters. The number of methoxy groups -OCH3 is 1. The monoisotopic (exact) mass is 485 g/mol. The quantitative estimate of drug-likeness (QED) is 0.477. The predicted octanol–water partition coefficient (Wildman–Crippen LogP) is 4.08. The van der Waals surface area contributed by atoms with Crippen LogP contribution in [0.25, 0.3) is 0 Å². The molecule has 9 heteroatoms. The van der Waals surface area contributed by atoms with Crippen molar-refractivity contribution in [2.24, 2.45) is 0 Å². The highest BCUT2D eigenvalue weighted by Crippen LogP contribution is 2.26. The topological polar surface area (TPSA) is 87.7 Å². The lowest BCUT2D eigenvalue weighted by molar-refractivity contribution is 0.0950. The lowest BCUT2D eigenvalue weighted by atomic mass is 10.1. The number of hydrogen-bond donors (Lipinski definition) is 2. The molecule has 0 atom stereocenters.